The summed E-state index contributed by atoms with van der Waals surface area (Å²) in [5.74, 6) is -0.103. The standard InChI is InChI=1S/C23H28O6.C16H16O4.C7H14O3/c1-26-21(24)7-3-2-5-14-28-23(25)19-10-9-18-16-20(12-11-17(18)15-19)29-22-8-4-6-13-27-22;17-16(18)13-5-4-12-10-14(7-6-11(12)9-13)20-15-3-1-2-8-19-15;1-10-7(9)5-3-2-4-6-8/h9-12,15-16,22H,2-8,13-14H2,1H3;4-7,9-10,15H,1-3,8H2,(H,17,18);8H,2-6H2,1H3. The Morgan fingerprint density at radius 1 is 0.593 bits per heavy atom. The molecule has 2 aliphatic heterocycles. The number of hydrogen-bond donors (Lipinski definition) is 2. The lowest BCUT2D eigenvalue weighted by Gasteiger charge is -2.23. The largest absolute Gasteiger partial charge is 0.478 e. The van der Waals surface area contributed by atoms with Gasteiger partial charge in [0, 0.05) is 32.3 Å². The molecule has 0 radical (unpaired) electrons. The molecule has 2 atom stereocenters. The van der Waals surface area contributed by atoms with Crippen LogP contribution in [-0.2, 0) is 33.3 Å². The molecule has 2 saturated heterocycles. The molecule has 0 aliphatic carbocycles. The van der Waals surface area contributed by atoms with Crippen LogP contribution in [0.2, 0.25) is 0 Å². The molecule has 2 aliphatic rings. The monoisotopic (exact) mass is 818 g/mol. The topological polar surface area (TPSA) is 173 Å². The van der Waals surface area contributed by atoms with E-state index in [4.69, 9.17) is 33.9 Å². The highest BCUT2D eigenvalue weighted by Gasteiger charge is 2.17. The normalized spacial score (nSPS) is 16.1. The molecule has 2 N–H and O–H groups in total. The molecule has 6 rings (SSSR count). The van der Waals surface area contributed by atoms with Gasteiger partial charge in [0.05, 0.1) is 45.2 Å². The summed E-state index contributed by atoms with van der Waals surface area (Å²) in [6, 6.07) is 22.0. The fourth-order valence-corrected chi connectivity index (χ4v) is 6.32. The van der Waals surface area contributed by atoms with E-state index in [1.165, 1.54) is 14.2 Å². The molecular formula is C46H58O13. The third-order valence-electron chi connectivity index (χ3n) is 9.67. The number of aliphatic hydroxyl groups is 1. The van der Waals surface area contributed by atoms with E-state index >= 15 is 0 Å². The number of carbonyl (C=O) groups is 4. The van der Waals surface area contributed by atoms with Crippen LogP contribution >= 0.6 is 0 Å². The number of aromatic carboxylic acids is 1. The van der Waals surface area contributed by atoms with Crippen molar-refractivity contribution in [3.8, 4) is 11.5 Å². The van der Waals surface area contributed by atoms with E-state index in [9.17, 15) is 19.2 Å². The summed E-state index contributed by atoms with van der Waals surface area (Å²) >= 11 is 0. The molecule has 59 heavy (non-hydrogen) atoms. The zero-order chi connectivity index (χ0) is 42.2. The minimum atomic E-state index is -0.914. The molecule has 0 amide bonds. The molecule has 0 aromatic heterocycles. The van der Waals surface area contributed by atoms with Crippen LogP contribution in [0.5, 0.6) is 11.5 Å². The van der Waals surface area contributed by atoms with Gasteiger partial charge in [-0.15, -0.1) is 0 Å². The average Bonchev–Trinajstić information content (AvgIpc) is 3.26. The van der Waals surface area contributed by atoms with Gasteiger partial charge in [0.15, 0.2) is 12.6 Å². The lowest BCUT2D eigenvalue weighted by atomic mass is 10.1. The Morgan fingerprint density at radius 2 is 1.07 bits per heavy atom. The van der Waals surface area contributed by atoms with Crippen LogP contribution in [0.3, 0.4) is 0 Å². The lowest BCUT2D eigenvalue weighted by Crippen LogP contribution is -2.24. The van der Waals surface area contributed by atoms with Gasteiger partial charge in [-0.05, 0) is 128 Å². The summed E-state index contributed by atoms with van der Waals surface area (Å²) in [6.45, 7) is 2.04. The quantitative estimate of drug-likeness (QED) is 0.0589. The predicted octanol–water partition coefficient (Wildman–Crippen LogP) is 8.79. The highest BCUT2D eigenvalue weighted by atomic mass is 16.7. The second kappa shape index (κ2) is 26.0. The lowest BCUT2D eigenvalue weighted by molar-refractivity contribution is -0.141. The van der Waals surface area contributed by atoms with E-state index in [0.29, 0.717) is 30.6 Å². The number of esters is 3. The van der Waals surface area contributed by atoms with Crippen molar-refractivity contribution in [1.29, 1.82) is 0 Å². The first-order chi connectivity index (χ1) is 28.7. The Morgan fingerprint density at radius 3 is 1.54 bits per heavy atom. The van der Waals surface area contributed by atoms with Crippen molar-refractivity contribution < 1.29 is 62.5 Å². The molecule has 13 heteroatoms. The predicted molar refractivity (Wildman–Crippen MR) is 222 cm³/mol. The second-order valence-electron chi connectivity index (χ2n) is 14.2. The number of rotatable bonds is 17. The van der Waals surface area contributed by atoms with Gasteiger partial charge in [-0.25, -0.2) is 9.59 Å². The number of aliphatic hydroxyl groups excluding tert-OH is 1. The van der Waals surface area contributed by atoms with Crippen LogP contribution < -0.4 is 9.47 Å². The molecule has 2 fully saturated rings. The fourth-order valence-electron chi connectivity index (χ4n) is 6.32. The first kappa shape index (κ1) is 46.4. The first-order valence-electron chi connectivity index (χ1n) is 20.5. The Kier molecular flexibility index (Phi) is 20.5. The van der Waals surface area contributed by atoms with Crippen LogP contribution in [0.1, 0.15) is 111 Å². The second-order valence-corrected chi connectivity index (χ2v) is 14.2. The van der Waals surface area contributed by atoms with Gasteiger partial charge in [0.2, 0.25) is 0 Å². The molecule has 320 valence electrons. The van der Waals surface area contributed by atoms with Gasteiger partial charge in [-0.1, -0.05) is 30.7 Å². The van der Waals surface area contributed by atoms with Gasteiger partial charge in [0.25, 0.3) is 0 Å². The Bertz CT molecular complexity index is 1910. The summed E-state index contributed by atoms with van der Waals surface area (Å²) < 4.78 is 37.2. The molecule has 0 saturated carbocycles. The number of hydrogen-bond acceptors (Lipinski definition) is 12. The van der Waals surface area contributed by atoms with E-state index < -0.39 is 5.97 Å². The third kappa shape index (κ3) is 16.9. The van der Waals surface area contributed by atoms with Crippen LogP contribution in [0.4, 0.5) is 0 Å². The van der Waals surface area contributed by atoms with Gasteiger partial charge in [0.1, 0.15) is 11.5 Å². The molecule has 0 bridgehead atoms. The highest BCUT2D eigenvalue weighted by molar-refractivity contribution is 5.96. The number of benzene rings is 4. The van der Waals surface area contributed by atoms with Crippen molar-refractivity contribution in [3.63, 3.8) is 0 Å². The minimum absolute atomic E-state index is 0.167. The number of ether oxygens (including phenoxy) is 7. The number of carbonyl (C=O) groups excluding carboxylic acids is 3. The number of carboxylic acid groups (broad SMARTS) is 1. The van der Waals surface area contributed by atoms with Crippen molar-refractivity contribution in [2.75, 3.05) is 40.6 Å². The first-order valence-corrected chi connectivity index (χ1v) is 20.5. The molecular weight excluding hydrogens is 760 g/mol. The van der Waals surface area contributed by atoms with Crippen LogP contribution in [0.25, 0.3) is 21.5 Å². The van der Waals surface area contributed by atoms with E-state index in [1.807, 2.05) is 48.5 Å². The van der Waals surface area contributed by atoms with Crippen molar-refractivity contribution in [1.82, 2.24) is 0 Å². The number of carboxylic acids is 1. The highest BCUT2D eigenvalue weighted by Crippen LogP contribution is 2.27. The molecule has 13 nitrogen and oxygen atoms in total. The Balaban J connectivity index is 0.000000221. The Labute approximate surface area is 345 Å². The van der Waals surface area contributed by atoms with Gasteiger partial charge in [-0.3, -0.25) is 9.59 Å². The molecule has 2 unspecified atom stereocenters. The van der Waals surface area contributed by atoms with Crippen LogP contribution in [0, 0.1) is 0 Å². The zero-order valence-electron chi connectivity index (χ0n) is 34.2. The maximum absolute atomic E-state index is 12.3. The average molecular weight is 819 g/mol. The minimum Gasteiger partial charge on any atom is -0.478 e. The van der Waals surface area contributed by atoms with Gasteiger partial charge in [-0.2, -0.15) is 0 Å². The zero-order valence-corrected chi connectivity index (χ0v) is 34.2. The van der Waals surface area contributed by atoms with Crippen molar-refractivity contribution in [3.05, 3.63) is 83.9 Å². The van der Waals surface area contributed by atoms with Crippen LogP contribution in [-0.4, -0.2) is 87.3 Å². The SMILES string of the molecule is COC(=O)CCCCCO.COC(=O)CCCCCOC(=O)c1ccc2cc(OC3CCCCO3)ccc2c1.O=C(O)c1ccc2cc(OC3CCCCO3)ccc2c1. The smallest absolute Gasteiger partial charge is 0.338 e. The van der Waals surface area contributed by atoms with E-state index in [2.05, 4.69) is 9.47 Å². The maximum atomic E-state index is 12.3. The van der Waals surface area contributed by atoms with Gasteiger partial charge >= 0.3 is 23.9 Å². The fraction of sp³-hybridized carbons (Fsp3) is 0.478. The Hall–Kier alpha value is -5.24. The van der Waals surface area contributed by atoms with Crippen molar-refractivity contribution in [2.45, 2.75) is 102 Å². The third-order valence-corrected chi connectivity index (χ3v) is 9.67. The van der Waals surface area contributed by atoms with Crippen LogP contribution in [0.15, 0.2) is 72.8 Å². The summed E-state index contributed by atoms with van der Waals surface area (Å²) in [7, 11) is 2.76. The van der Waals surface area contributed by atoms with E-state index in [1.54, 1.807) is 24.3 Å². The van der Waals surface area contributed by atoms with Crippen molar-refractivity contribution >= 4 is 45.4 Å². The van der Waals surface area contributed by atoms with Crippen molar-refractivity contribution in [2.24, 2.45) is 0 Å². The number of methoxy groups -OCH3 is 2. The number of unbranched alkanes of at least 4 members (excludes halogenated alkanes) is 4. The molecule has 4 aromatic rings. The van der Waals surface area contributed by atoms with E-state index in [0.717, 1.165) is 123 Å². The van der Waals surface area contributed by atoms with E-state index in [-0.39, 0.29) is 37.1 Å². The summed E-state index contributed by atoms with van der Waals surface area (Å²) in [6.07, 6.45) is 11.5. The summed E-state index contributed by atoms with van der Waals surface area (Å²) in [5, 5.41) is 21.1. The maximum Gasteiger partial charge on any atom is 0.338 e. The summed E-state index contributed by atoms with van der Waals surface area (Å²) in [5.41, 5.74) is 0.818. The molecule has 0 spiro atoms. The molecule has 4 aromatic carbocycles. The molecule has 2 heterocycles. The number of fused-ring (bicyclic) bond motifs is 2. The summed E-state index contributed by atoms with van der Waals surface area (Å²) in [4.78, 5) is 44.7. The van der Waals surface area contributed by atoms with Gasteiger partial charge < -0.3 is 43.4 Å².